The summed E-state index contributed by atoms with van der Waals surface area (Å²) in [6.07, 6.45) is 9.05. The van der Waals surface area contributed by atoms with E-state index in [1.807, 2.05) is 6.92 Å². The van der Waals surface area contributed by atoms with E-state index in [2.05, 4.69) is 32.9 Å². The van der Waals surface area contributed by atoms with Gasteiger partial charge in [0.05, 0.1) is 5.41 Å². The van der Waals surface area contributed by atoms with Crippen molar-refractivity contribution >= 4 is 16.1 Å². The lowest BCUT2D eigenvalue weighted by Gasteiger charge is -2.57. The van der Waals surface area contributed by atoms with Crippen molar-refractivity contribution in [3.8, 4) is 0 Å². The second kappa shape index (κ2) is 8.40. The highest BCUT2D eigenvalue weighted by Gasteiger charge is 2.57. The third-order valence-corrected chi connectivity index (χ3v) is 8.66. The number of aliphatic hydroxyl groups is 1. The van der Waals surface area contributed by atoms with E-state index in [1.165, 1.54) is 11.1 Å². The molecule has 3 aliphatic carbocycles. The fourth-order valence-electron chi connectivity index (χ4n) is 6.22. The molecule has 7 heteroatoms. The van der Waals surface area contributed by atoms with Gasteiger partial charge in [0.25, 0.3) is 10.1 Å². The maximum Gasteiger partial charge on any atom is 0.312 e. The monoisotopic (exact) mass is 440 g/mol. The molecule has 3 aliphatic rings. The Hall–Kier alpha value is -1.18. The van der Waals surface area contributed by atoms with E-state index < -0.39 is 34.0 Å². The number of esters is 1. The number of allylic oxidation sites excluding steroid dienone is 4. The highest BCUT2D eigenvalue weighted by atomic mass is 32.2. The second-order valence-corrected chi connectivity index (χ2v) is 11.7. The molecule has 6 nitrogen and oxygen atoms in total. The SMILES string of the molecule is CC(C)C1=CC2=CCC3C(C)(C(=O)OCC(O)CS(=O)(=O)O)CCCC3(C)C2CC1. The van der Waals surface area contributed by atoms with Gasteiger partial charge in [0.2, 0.25) is 0 Å². The highest BCUT2D eigenvalue weighted by molar-refractivity contribution is 7.85. The van der Waals surface area contributed by atoms with Crippen LogP contribution in [0.1, 0.15) is 66.2 Å². The van der Waals surface area contributed by atoms with Crippen molar-refractivity contribution < 1.29 is 27.6 Å². The molecule has 1 saturated carbocycles. The molecule has 0 aromatic rings. The average Bonchev–Trinajstić information content (AvgIpc) is 2.64. The molecule has 5 unspecified atom stereocenters. The maximum atomic E-state index is 13.1. The standard InChI is InChI=1S/C23H36O6S/c1-15(2)16-6-8-19-17(12-16)7-9-20-22(19,3)10-5-11-23(20,4)21(25)29-13-18(24)14-30(26,27)28/h7,12,15,18-20,24H,5-6,8-11,13-14H2,1-4H3,(H,26,27,28). The van der Waals surface area contributed by atoms with Crippen molar-refractivity contribution in [1.82, 2.24) is 0 Å². The van der Waals surface area contributed by atoms with Crippen LogP contribution in [0, 0.1) is 28.6 Å². The zero-order valence-electron chi connectivity index (χ0n) is 18.6. The molecule has 5 atom stereocenters. The molecule has 3 rings (SSSR count). The topological polar surface area (TPSA) is 101 Å². The molecule has 0 aromatic carbocycles. The number of hydrogen-bond donors (Lipinski definition) is 2. The Labute approximate surface area is 180 Å². The van der Waals surface area contributed by atoms with Gasteiger partial charge in [0, 0.05) is 0 Å². The van der Waals surface area contributed by atoms with Crippen LogP contribution in [0.3, 0.4) is 0 Å². The summed E-state index contributed by atoms with van der Waals surface area (Å²) in [6, 6.07) is 0. The zero-order chi connectivity index (χ0) is 22.3. The Kier molecular flexibility index (Phi) is 6.57. The predicted octanol–water partition coefficient (Wildman–Crippen LogP) is 3.91. The van der Waals surface area contributed by atoms with Crippen molar-refractivity contribution in [2.24, 2.45) is 28.6 Å². The van der Waals surface area contributed by atoms with Gasteiger partial charge in [-0.2, -0.15) is 8.42 Å². The van der Waals surface area contributed by atoms with Crippen LogP contribution in [0.25, 0.3) is 0 Å². The van der Waals surface area contributed by atoms with Crippen LogP contribution in [0.15, 0.2) is 23.3 Å². The molecule has 0 aromatic heterocycles. The third-order valence-electron chi connectivity index (χ3n) is 7.86. The zero-order valence-corrected chi connectivity index (χ0v) is 19.4. The quantitative estimate of drug-likeness (QED) is 0.480. The van der Waals surface area contributed by atoms with Gasteiger partial charge < -0.3 is 9.84 Å². The van der Waals surface area contributed by atoms with Gasteiger partial charge in [0.1, 0.15) is 18.5 Å². The first-order valence-electron chi connectivity index (χ1n) is 11.1. The van der Waals surface area contributed by atoms with Crippen molar-refractivity contribution in [2.75, 3.05) is 12.4 Å². The Balaban J connectivity index is 1.79. The smallest absolute Gasteiger partial charge is 0.312 e. The lowest BCUT2D eigenvalue weighted by molar-refractivity contribution is -0.171. The number of rotatable bonds is 6. The summed E-state index contributed by atoms with van der Waals surface area (Å²) in [5.74, 6) is -0.0716. The molecule has 0 bridgehead atoms. The first-order chi connectivity index (χ1) is 13.9. The molecule has 170 valence electrons. The summed E-state index contributed by atoms with van der Waals surface area (Å²) >= 11 is 0. The summed E-state index contributed by atoms with van der Waals surface area (Å²) in [5, 5.41) is 9.79. The molecule has 0 heterocycles. The molecule has 0 aliphatic heterocycles. The lowest BCUT2D eigenvalue weighted by Crippen LogP contribution is -2.53. The van der Waals surface area contributed by atoms with E-state index in [0.29, 0.717) is 11.8 Å². The van der Waals surface area contributed by atoms with Gasteiger partial charge in [-0.05, 0) is 67.8 Å². The Morgan fingerprint density at radius 3 is 2.63 bits per heavy atom. The fraction of sp³-hybridized carbons (Fsp3) is 0.783. The van der Waals surface area contributed by atoms with Crippen LogP contribution in [-0.4, -0.2) is 42.5 Å². The number of fused-ring (bicyclic) bond motifs is 3. The highest BCUT2D eigenvalue weighted by Crippen LogP contribution is 2.62. The van der Waals surface area contributed by atoms with Gasteiger partial charge in [-0.1, -0.05) is 44.9 Å². The van der Waals surface area contributed by atoms with Gasteiger partial charge in [-0.25, -0.2) is 0 Å². The van der Waals surface area contributed by atoms with Crippen LogP contribution in [0.4, 0.5) is 0 Å². The Morgan fingerprint density at radius 2 is 2.00 bits per heavy atom. The van der Waals surface area contributed by atoms with E-state index in [0.717, 1.165) is 38.5 Å². The summed E-state index contributed by atoms with van der Waals surface area (Å²) in [6.45, 7) is 8.34. The minimum Gasteiger partial charge on any atom is -0.462 e. The van der Waals surface area contributed by atoms with Crippen molar-refractivity contribution in [3.05, 3.63) is 23.3 Å². The van der Waals surface area contributed by atoms with E-state index in [1.54, 1.807) is 0 Å². The third kappa shape index (κ3) is 4.53. The molecular weight excluding hydrogens is 404 g/mol. The second-order valence-electron chi connectivity index (χ2n) is 10.2. The maximum absolute atomic E-state index is 13.1. The summed E-state index contributed by atoms with van der Waals surface area (Å²) in [4.78, 5) is 13.1. The first-order valence-corrected chi connectivity index (χ1v) is 12.7. The lowest BCUT2D eigenvalue weighted by atomic mass is 9.47. The molecule has 2 N–H and O–H groups in total. The van der Waals surface area contributed by atoms with Crippen LogP contribution in [-0.2, 0) is 19.6 Å². The van der Waals surface area contributed by atoms with Gasteiger partial charge >= 0.3 is 5.97 Å². The summed E-state index contributed by atoms with van der Waals surface area (Å²) in [7, 11) is -4.32. The van der Waals surface area contributed by atoms with Gasteiger partial charge in [-0.3, -0.25) is 9.35 Å². The number of carbonyl (C=O) groups excluding carboxylic acids is 1. The van der Waals surface area contributed by atoms with Crippen molar-refractivity contribution in [1.29, 1.82) is 0 Å². The van der Waals surface area contributed by atoms with Gasteiger partial charge in [-0.15, -0.1) is 0 Å². The molecule has 1 fully saturated rings. The Bertz CT molecular complexity index is 842. The van der Waals surface area contributed by atoms with Gasteiger partial charge in [0.15, 0.2) is 0 Å². The Morgan fingerprint density at radius 1 is 1.30 bits per heavy atom. The van der Waals surface area contributed by atoms with Crippen molar-refractivity contribution in [2.45, 2.75) is 72.3 Å². The summed E-state index contributed by atoms with van der Waals surface area (Å²) < 4.78 is 36.1. The van der Waals surface area contributed by atoms with Crippen LogP contribution >= 0.6 is 0 Å². The number of ether oxygens (including phenoxy) is 1. The molecule has 0 radical (unpaired) electrons. The van der Waals surface area contributed by atoms with E-state index in [9.17, 15) is 18.3 Å². The molecular formula is C23H36O6S. The van der Waals surface area contributed by atoms with Crippen LogP contribution in [0.2, 0.25) is 0 Å². The summed E-state index contributed by atoms with van der Waals surface area (Å²) in [5.41, 5.74) is 2.27. The van der Waals surface area contributed by atoms with E-state index in [4.69, 9.17) is 9.29 Å². The molecule has 0 amide bonds. The largest absolute Gasteiger partial charge is 0.462 e. The van der Waals surface area contributed by atoms with Crippen LogP contribution in [0.5, 0.6) is 0 Å². The molecule has 0 saturated heterocycles. The first kappa shape index (κ1) is 23.5. The molecule has 0 spiro atoms. The number of carbonyl (C=O) groups is 1. The minimum atomic E-state index is -4.32. The molecule has 30 heavy (non-hydrogen) atoms. The minimum absolute atomic E-state index is 0.0160. The van der Waals surface area contributed by atoms with Crippen LogP contribution < -0.4 is 0 Å². The fourth-order valence-corrected chi connectivity index (χ4v) is 6.80. The van der Waals surface area contributed by atoms with E-state index in [-0.39, 0.29) is 17.3 Å². The normalized spacial score (nSPS) is 35.0. The predicted molar refractivity (Wildman–Crippen MR) is 115 cm³/mol. The number of aliphatic hydroxyl groups excluding tert-OH is 1. The van der Waals surface area contributed by atoms with Crippen molar-refractivity contribution in [3.63, 3.8) is 0 Å². The average molecular weight is 441 g/mol. The number of hydrogen-bond acceptors (Lipinski definition) is 5. The van der Waals surface area contributed by atoms with E-state index >= 15 is 0 Å².